The van der Waals surface area contributed by atoms with E-state index < -0.39 is 11.9 Å². The number of rotatable bonds is 4. The summed E-state index contributed by atoms with van der Waals surface area (Å²) in [6.07, 6.45) is 2.62. The van der Waals surface area contributed by atoms with Gasteiger partial charge >= 0.3 is 11.9 Å². The molecule has 0 aromatic heterocycles. The van der Waals surface area contributed by atoms with Gasteiger partial charge < -0.3 is 14.9 Å². The van der Waals surface area contributed by atoms with E-state index in [2.05, 4.69) is 17.9 Å². The molecule has 0 aliphatic rings. The highest BCUT2D eigenvalue weighted by molar-refractivity contribution is 6.01. The van der Waals surface area contributed by atoms with Gasteiger partial charge in [-0.2, -0.15) is 0 Å². The number of carboxylic acids is 2. The molecule has 0 aliphatic heterocycles. The summed E-state index contributed by atoms with van der Waals surface area (Å²) < 4.78 is 4.36. The molecule has 0 saturated carbocycles. The highest BCUT2D eigenvalue weighted by atomic mass is 16.5. The van der Waals surface area contributed by atoms with E-state index in [0.29, 0.717) is 0 Å². The van der Waals surface area contributed by atoms with Crippen LogP contribution in [0.25, 0.3) is 0 Å². The Hall–Kier alpha value is -2.56. The third kappa shape index (κ3) is 5.17. The molecule has 0 saturated heterocycles. The monoisotopic (exact) mass is 236 g/mol. The van der Waals surface area contributed by atoms with E-state index >= 15 is 0 Å². The SMILES string of the molecule is C=COC=C.O=C(O)c1ccccc1C(=O)O. The Labute approximate surface area is 98.3 Å². The maximum absolute atomic E-state index is 10.5. The van der Waals surface area contributed by atoms with Crippen molar-refractivity contribution < 1.29 is 24.5 Å². The molecule has 90 valence electrons. The zero-order valence-electron chi connectivity index (χ0n) is 9.00. The molecule has 1 rings (SSSR count). The molecular formula is C12H12O5. The Balaban J connectivity index is 0.000000437. The smallest absolute Gasteiger partial charge is 0.336 e. The first-order valence-corrected chi connectivity index (χ1v) is 4.47. The van der Waals surface area contributed by atoms with Gasteiger partial charge in [-0.1, -0.05) is 25.3 Å². The largest absolute Gasteiger partial charge is 0.478 e. The maximum atomic E-state index is 10.5. The Kier molecular flexibility index (Phi) is 6.54. The van der Waals surface area contributed by atoms with Crippen molar-refractivity contribution in [3.63, 3.8) is 0 Å². The standard InChI is InChI=1S/C8H6O4.C4H6O/c9-7(10)5-3-1-2-4-6(5)8(11)12;1-3-5-4-2/h1-4H,(H,9,10)(H,11,12);3-4H,1-2H2. The minimum Gasteiger partial charge on any atom is -0.478 e. The Morgan fingerprint density at radius 3 is 1.53 bits per heavy atom. The summed E-state index contributed by atoms with van der Waals surface area (Å²) in [5.41, 5.74) is -0.380. The topological polar surface area (TPSA) is 83.8 Å². The molecule has 0 atom stereocenters. The molecule has 0 unspecified atom stereocenters. The fraction of sp³-hybridized carbons (Fsp3) is 0. The van der Waals surface area contributed by atoms with Crippen LogP contribution in [-0.4, -0.2) is 22.2 Å². The number of hydrogen-bond acceptors (Lipinski definition) is 3. The van der Waals surface area contributed by atoms with Crippen LogP contribution in [0, 0.1) is 0 Å². The van der Waals surface area contributed by atoms with Crippen LogP contribution in [0.1, 0.15) is 20.7 Å². The van der Waals surface area contributed by atoms with Gasteiger partial charge in [0.15, 0.2) is 0 Å². The lowest BCUT2D eigenvalue weighted by Gasteiger charge is -1.98. The van der Waals surface area contributed by atoms with E-state index in [0.717, 1.165) is 0 Å². The van der Waals surface area contributed by atoms with Crippen molar-refractivity contribution in [3.05, 3.63) is 61.1 Å². The van der Waals surface area contributed by atoms with E-state index in [4.69, 9.17) is 10.2 Å². The fourth-order valence-corrected chi connectivity index (χ4v) is 0.924. The zero-order valence-corrected chi connectivity index (χ0v) is 9.00. The van der Waals surface area contributed by atoms with Crippen molar-refractivity contribution in [2.75, 3.05) is 0 Å². The van der Waals surface area contributed by atoms with Crippen molar-refractivity contribution >= 4 is 11.9 Å². The fourth-order valence-electron chi connectivity index (χ4n) is 0.924. The number of hydrogen-bond donors (Lipinski definition) is 2. The van der Waals surface area contributed by atoms with Gasteiger partial charge in [-0.3, -0.25) is 0 Å². The molecule has 0 amide bonds. The number of ether oxygens (including phenoxy) is 1. The minimum absolute atomic E-state index is 0.190. The lowest BCUT2D eigenvalue weighted by Crippen LogP contribution is -2.06. The van der Waals surface area contributed by atoms with Crippen LogP contribution in [0.15, 0.2) is 49.9 Å². The van der Waals surface area contributed by atoms with Crippen molar-refractivity contribution in [1.29, 1.82) is 0 Å². The quantitative estimate of drug-likeness (QED) is 0.784. The molecule has 0 bridgehead atoms. The van der Waals surface area contributed by atoms with E-state index in [1.807, 2.05) is 0 Å². The van der Waals surface area contributed by atoms with Gasteiger partial charge in [-0.15, -0.1) is 0 Å². The van der Waals surface area contributed by atoms with Crippen molar-refractivity contribution in [3.8, 4) is 0 Å². The third-order valence-corrected chi connectivity index (χ3v) is 1.58. The number of benzene rings is 1. The van der Waals surface area contributed by atoms with Crippen LogP contribution >= 0.6 is 0 Å². The highest BCUT2D eigenvalue weighted by Gasteiger charge is 2.13. The third-order valence-electron chi connectivity index (χ3n) is 1.58. The summed E-state index contributed by atoms with van der Waals surface area (Å²) >= 11 is 0. The van der Waals surface area contributed by atoms with Gasteiger partial charge in [-0.05, 0) is 12.1 Å². The van der Waals surface area contributed by atoms with Gasteiger partial charge in [0, 0.05) is 0 Å². The van der Waals surface area contributed by atoms with Crippen LogP contribution in [-0.2, 0) is 4.74 Å². The van der Waals surface area contributed by atoms with Crippen molar-refractivity contribution in [1.82, 2.24) is 0 Å². The minimum atomic E-state index is -1.23. The van der Waals surface area contributed by atoms with Gasteiger partial charge in [-0.25, -0.2) is 9.59 Å². The zero-order chi connectivity index (χ0) is 13.3. The molecule has 0 spiro atoms. The predicted octanol–water partition coefficient (Wildman–Crippen LogP) is 2.37. The molecule has 1 aromatic rings. The van der Waals surface area contributed by atoms with Crippen LogP contribution < -0.4 is 0 Å². The number of carbonyl (C=O) groups is 2. The van der Waals surface area contributed by atoms with Gasteiger partial charge in [0.2, 0.25) is 0 Å². The van der Waals surface area contributed by atoms with Gasteiger partial charge in [0.25, 0.3) is 0 Å². The van der Waals surface area contributed by atoms with Crippen LogP contribution in [0.2, 0.25) is 0 Å². The normalized spacial score (nSPS) is 8.24. The number of aromatic carboxylic acids is 2. The van der Waals surface area contributed by atoms with Crippen molar-refractivity contribution in [2.24, 2.45) is 0 Å². The second-order valence-corrected chi connectivity index (χ2v) is 2.63. The van der Waals surface area contributed by atoms with E-state index in [9.17, 15) is 9.59 Å². The second kappa shape index (κ2) is 7.70. The summed E-state index contributed by atoms with van der Waals surface area (Å²) in [6, 6.07) is 5.48. The Morgan fingerprint density at radius 1 is 1.00 bits per heavy atom. The first-order valence-electron chi connectivity index (χ1n) is 4.47. The summed E-state index contributed by atoms with van der Waals surface area (Å²) in [4.78, 5) is 20.9. The maximum Gasteiger partial charge on any atom is 0.336 e. The molecule has 0 radical (unpaired) electrons. The summed E-state index contributed by atoms with van der Waals surface area (Å²) in [7, 11) is 0. The Morgan fingerprint density at radius 2 is 1.35 bits per heavy atom. The van der Waals surface area contributed by atoms with Crippen LogP contribution in [0.3, 0.4) is 0 Å². The summed E-state index contributed by atoms with van der Waals surface area (Å²) in [5, 5.41) is 17.1. The van der Waals surface area contributed by atoms with Gasteiger partial charge in [0.1, 0.15) is 0 Å². The lowest BCUT2D eigenvalue weighted by molar-refractivity contribution is 0.0651. The van der Waals surface area contributed by atoms with E-state index in [-0.39, 0.29) is 11.1 Å². The highest BCUT2D eigenvalue weighted by Crippen LogP contribution is 2.07. The van der Waals surface area contributed by atoms with Gasteiger partial charge in [0.05, 0.1) is 23.7 Å². The van der Waals surface area contributed by atoms with Crippen molar-refractivity contribution in [2.45, 2.75) is 0 Å². The average Bonchev–Trinajstić information content (AvgIpc) is 2.30. The molecular weight excluding hydrogens is 224 g/mol. The first-order chi connectivity index (χ1) is 8.04. The van der Waals surface area contributed by atoms with Crippen LogP contribution in [0.5, 0.6) is 0 Å². The lowest BCUT2D eigenvalue weighted by atomic mass is 10.1. The molecule has 2 N–H and O–H groups in total. The molecule has 0 aliphatic carbocycles. The van der Waals surface area contributed by atoms with Crippen LogP contribution in [0.4, 0.5) is 0 Å². The molecule has 1 aromatic carbocycles. The average molecular weight is 236 g/mol. The van der Waals surface area contributed by atoms with E-state index in [1.165, 1.54) is 36.8 Å². The molecule has 5 nitrogen and oxygen atoms in total. The number of carboxylic acid groups (broad SMARTS) is 2. The summed E-state index contributed by atoms with van der Waals surface area (Å²) in [6.45, 7) is 6.51. The Bertz CT molecular complexity index is 384. The molecule has 5 heteroatoms. The molecule has 0 heterocycles. The first kappa shape index (κ1) is 14.4. The van der Waals surface area contributed by atoms with E-state index in [1.54, 1.807) is 0 Å². The summed E-state index contributed by atoms with van der Waals surface area (Å²) in [5.74, 6) is -2.46. The second-order valence-electron chi connectivity index (χ2n) is 2.63. The molecule has 0 fully saturated rings. The predicted molar refractivity (Wildman–Crippen MR) is 61.8 cm³/mol. The molecule has 17 heavy (non-hydrogen) atoms.